The molecule has 16 heavy (non-hydrogen) atoms. The van der Waals surface area contributed by atoms with Crippen molar-refractivity contribution in [3.63, 3.8) is 0 Å². The van der Waals surface area contributed by atoms with E-state index in [-0.39, 0.29) is 0 Å². The van der Waals surface area contributed by atoms with Gasteiger partial charge < -0.3 is 14.2 Å². The zero-order valence-corrected chi connectivity index (χ0v) is 9.42. The average Bonchev–Trinajstić information content (AvgIpc) is 2.87. The molecule has 0 amide bonds. The van der Waals surface area contributed by atoms with Crippen LogP contribution in [0.3, 0.4) is 0 Å². The molecule has 0 aliphatic carbocycles. The second kappa shape index (κ2) is 4.49. The number of aromatic nitrogens is 3. The summed E-state index contributed by atoms with van der Waals surface area (Å²) >= 11 is 0. The Morgan fingerprint density at radius 2 is 2.38 bits per heavy atom. The predicted octanol–water partition coefficient (Wildman–Crippen LogP) is 1.54. The third kappa shape index (κ3) is 2.30. The Hall–Kier alpha value is -1.62. The molecule has 1 unspecified atom stereocenters. The Bertz CT molecular complexity index is 459. The van der Waals surface area contributed by atoms with Gasteiger partial charge in [-0.25, -0.2) is 0 Å². The minimum atomic E-state index is -0.447. The molecule has 0 aliphatic heterocycles. The molecule has 0 spiro atoms. The molecule has 0 bridgehead atoms. The van der Waals surface area contributed by atoms with E-state index in [0.29, 0.717) is 18.3 Å². The van der Waals surface area contributed by atoms with Crippen molar-refractivity contribution in [3.8, 4) is 0 Å². The Kier molecular flexibility index (Phi) is 3.05. The van der Waals surface area contributed by atoms with Crippen LogP contribution in [0.15, 0.2) is 23.0 Å². The third-order valence-corrected chi connectivity index (χ3v) is 2.39. The van der Waals surface area contributed by atoms with E-state index >= 15 is 0 Å². The highest BCUT2D eigenvalue weighted by atomic mass is 16.5. The van der Waals surface area contributed by atoms with Gasteiger partial charge in [-0.05, 0) is 18.6 Å². The number of rotatable bonds is 4. The SMILES string of the molecule is CCc1nc(Cn2ccc(C(C)O)c2)no1. The predicted molar refractivity (Wildman–Crippen MR) is 57.8 cm³/mol. The fourth-order valence-corrected chi connectivity index (χ4v) is 1.47. The van der Waals surface area contributed by atoms with Gasteiger partial charge in [-0.15, -0.1) is 0 Å². The van der Waals surface area contributed by atoms with E-state index in [9.17, 15) is 5.11 Å². The van der Waals surface area contributed by atoms with Crippen LogP contribution in [-0.2, 0) is 13.0 Å². The first-order chi connectivity index (χ1) is 7.69. The summed E-state index contributed by atoms with van der Waals surface area (Å²) in [5.74, 6) is 1.31. The first-order valence-corrected chi connectivity index (χ1v) is 5.34. The van der Waals surface area contributed by atoms with Crippen LogP contribution in [0, 0.1) is 0 Å². The maximum atomic E-state index is 9.38. The van der Waals surface area contributed by atoms with Crippen molar-refractivity contribution in [1.29, 1.82) is 0 Å². The summed E-state index contributed by atoms with van der Waals surface area (Å²) in [6.07, 6.45) is 4.08. The van der Waals surface area contributed by atoms with Gasteiger partial charge in [0.1, 0.15) is 0 Å². The van der Waals surface area contributed by atoms with Gasteiger partial charge in [0.05, 0.1) is 12.6 Å². The smallest absolute Gasteiger partial charge is 0.226 e. The zero-order valence-electron chi connectivity index (χ0n) is 9.42. The topological polar surface area (TPSA) is 64.1 Å². The van der Waals surface area contributed by atoms with Crippen LogP contribution in [0.25, 0.3) is 0 Å². The molecule has 2 heterocycles. The van der Waals surface area contributed by atoms with Crippen molar-refractivity contribution in [2.24, 2.45) is 0 Å². The first-order valence-electron chi connectivity index (χ1n) is 5.34. The lowest BCUT2D eigenvalue weighted by atomic mass is 10.2. The molecule has 0 saturated heterocycles. The molecule has 0 saturated carbocycles. The summed E-state index contributed by atoms with van der Waals surface area (Å²) in [7, 11) is 0. The standard InChI is InChI=1S/C11H15N3O2/c1-3-11-12-10(13-16-11)7-14-5-4-9(6-14)8(2)15/h4-6,8,15H,3,7H2,1-2H3. The monoisotopic (exact) mass is 221 g/mol. The van der Waals surface area contributed by atoms with Gasteiger partial charge in [-0.2, -0.15) is 4.98 Å². The van der Waals surface area contributed by atoms with Gasteiger partial charge in [0.2, 0.25) is 5.89 Å². The molecule has 0 aliphatic rings. The zero-order chi connectivity index (χ0) is 11.5. The second-order valence-electron chi connectivity index (χ2n) is 3.75. The van der Waals surface area contributed by atoms with Crippen LogP contribution in [0.2, 0.25) is 0 Å². The van der Waals surface area contributed by atoms with E-state index in [1.54, 1.807) is 6.92 Å². The van der Waals surface area contributed by atoms with Crippen LogP contribution in [0.5, 0.6) is 0 Å². The maximum Gasteiger partial charge on any atom is 0.226 e. The van der Waals surface area contributed by atoms with Crippen molar-refractivity contribution in [3.05, 3.63) is 35.7 Å². The number of hydrogen-bond donors (Lipinski definition) is 1. The number of aliphatic hydroxyl groups excluding tert-OH is 1. The van der Waals surface area contributed by atoms with Crippen LogP contribution in [-0.4, -0.2) is 19.8 Å². The van der Waals surface area contributed by atoms with Gasteiger partial charge >= 0.3 is 0 Å². The molecular formula is C11H15N3O2. The summed E-state index contributed by atoms with van der Waals surface area (Å²) in [6.45, 7) is 4.28. The molecule has 86 valence electrons. The van der Waals surface area contributed by atoms with Gasteiger partial charge in [0.25, 0.3) is 0 Å². The summed E-state index contributed by atoms with van der Waals surface area (Å²) in [4.78, 5) is 4.22. The number of aliphatic hydroxyl groups is 1. The summed E-state index contributed by atoms with van der Waals surface area (Å²) < 4.78 is 6.94. The fraction of sp³-hybridized carbons (Fsp3) is 0.455. The van der Waals surface area contributed by atoms with Gasteiger partial charge in [0, 0.05) is 18.8 Å². The Labute approximate surface area is 93.7 Å². The molecular weight excluding hydrogens is 206 g/mol. The van der Waals surface area contributed by atoms with E-state index < -0.39 is 6.10 Å². The Morgan fingerprint density at radius 3 is 2.94 bits per heavy atom. The molecule has 1 N–H and O–H groups in total. The van der Waals surface area contributed by atoms with Gasteiger partial charge in [-0.1, -0.05) is 12.1 Å². The normalized spacial score (nSPS) is 12.9. The largest absolute Gasteiger partial charge is 0.389 e. The Morgan fingerprint density at radius 1 is 1.56 bits per heavy atom. The van der Waals surface area contributed by atoms with Crippen LogP contribution in [0.4, 0.5) is 0 Å². The summed E-state index contributed by atoms with van der Waals surface area (Å²) in [5.41, 5.74) is 0.888. The number of aryl methyl sites for hydroxylation is 1. The average molecular weight is 221 g/mol. The lowest BCUT2D eigenvalue weighted by Gasteiger charge is -1.99. The molecule has 2 rings (SSSR count). The van der Waals surface area contributed by atoms with Crippen molar-refractivity contribution in [1.82, 2.24) is 14.7 Å². The summed E-state index contributed by atoms with van der Waals surface area (Å²) in [5, 5.41) is 13.2. The molecule has 0 radical (unpaired) electrons. The lowest BCUT2D eigenvalue weighted by Crippen LogP contribution is -1.99. The van der Waals surface area contributed by atoms with E-state index in [2.05, 4.69) is 10.1 Å². The van der Waals surface area contributed by atoms with E-state index in [1.807, 2.05) is 30.0 Å². The highest BCUT2D eigenvalue weighted by Crippen LogP contribution is 2.12. The molecule has 0 aromatic carbocycles. The van der Waals surface area contributed by atoms with Gasteiger partial charge in [0.15, 0.2) is 5.82 Å². The van der Waals surface area contributed by atoms with Crippen molar-refractivity contribution >= 4 is 0 Å². The highest BCUT2D eigenvalue weighted by Gasteiger charge is 2.07. The van der Waals surface area contributed by atoms with Crippen molar-refractivity contribution in [2.75, 3.05) is 0 Å². The molecule has 1 atom stereocenters. The van der Waals surface area contributed by atoms with Crippen molar-refractivity contribution < 1.29 is 9.63 Å². The molecule has 5 nitrogen and oxygen atoms in total. The maximum absolute atomic E-state index is 9.38. The van der Waals surface area contributed by atoms with Crippen LogP contribution in [0.1, 0.15) is 37.2 Å². The van der Waals surface area contributed by atoms with Crippen LogP contribution >= 0.6 is 0 Å². The molecule has 0 fully saturated rings. The fourth-order valence-electron chi connectivity index (χ4n) is 1.47. The lowest BCUT2D eigenvalue weighted by molar-refractivity contribution is 0.199. The molecule has 5 heteroatoms. The summed E-state index contributed by atoms with van der Waals surface area (Å²) in [6, 6.07) is 1.88. The minimum Gasteiger partial charge on any atom is -0.389 e. The van der Waals surface area contributed by atoms with Crippen LogP contribution < -0.4 is 0 Å². The van der Waals surface area contributed by atoms with Gasteiger partial charge in [-0.3, -0.25) is 0 Å². The van der Waals surface area contributed by atoms with Crippen molar-refractivity contribution in [2.45, 2.75) is 32.9 Å². The second-order valence-corrected chi connectivity index (χ2v) is 3.75. The minimum absolute atomic E-state index is 0.447. The highest BCUT2D eigenvalue weighted by molar-refractivity contribution is 5.13. The first kappa shape index (κ1) is 10.9. The van der Waals surface area contributed by atoms with E-state index in [1.165, 1.54) is 0 Å². The molecule has 2 aromatic rings. The Balaban J connectivity index is 2.08. The number of hydrogen-bond acceptors (Lipinski definition) is 4. The quantitative estimate of drug-likeness (QED) is 0.850. The van der Waals surface area contributed by atoms with E-state index in [0.717, 1.165) is 12.0 Å². The number of nitrogens with zero attached hydrogens (tertiary/aromatic N) is 3. The van der Waals surface area contributed by atoms with E-state index in [4.69, 9.17) is 4.52 Å². The molecule has 2 aromatic heterocycles. The third-order valence-electron chi connectivity index (χ3n) is 2.39.